The molecule has 0 heterocycles. The highest BCUT2D eigenvalue weighted by Crippen LogP contribution is 2.27. The molecule has 0 fully saturated rings. The Morgan fingerprint density at radius 1 is 1.33 bits per heavy atom. The van der Waals surface area contributed by atoms with Crippen molar-refractivity contribution >= 4 is 40.3 Å². The summed E-state index contributed by atoms with van der Waals surface area (Å²) < 4.78 is 0.921. The molecule has 1 aromatic rings. The van der Waals surface area contributed by atoms with Gasteiger partial charge in [0.1, 0.15) is 0 Å². The fraction of sp³-hybridized carbons (Fsp3) is 0.400. The number of benzene rings is 1. The maximum absolute atomic E-state index is 9.29. The van der Waals surface area contributed by atoms with Crippen molar-refractivity contribution in [3.05, 3.63) is 22.2 Å². The van der Waals surface area contributed by atoms with Crippen LogP contribution in [0.2, 0.25) is 0 Å². The topological polar surface area (TPSA) is 40.5 Å². The Morgan fingerprint density at radius 3 is 2.33 bits per heavy atom. The molecule has 15 heavy (non-hydrogen) atoms. The standard InChI is InChI=1S/C10H14BBrO2S/c1-6(2)7-4-8(11(13)14)10(15-3)9(12)5-7/h4-6,13-14H,1-3H3. The third-order valence-electron chi connectivity index (χ3n) is 2.24. The lowest BCUT2D eigenvalue weighted by Crippen LogP contribution is -2.32. The van der Waals surface area contributed by atoms with Crippen LogP contribution in [0.15, 0.2) is 21.5 Å². The molecule has 2 N–H and O–H groups in total. The zero-order valence-electron chi connectivity index (χ0n) is 8.99. The van der Waals surface area contributed by atoms with Crippen LogP contribution in [-0.2, 0) is 0 Å². The van der Waals surface area contributed by atoms with E-state index < -0.39 is 7.12 Å². The summed E-state index contributed by atoms with van der Waals surface area (Å²) in [5.41, 5.74) is 1.67. The molecule has 0 aliphatic heterocycles. The molecule has 0 saturated carbocycles. The summed E-state index contributed by atoms with van der Waals surface area (Å²) in [6, 6.07) is 3.88. The number of hydrogen-bond donors (Lipinski definition) is 2. The van der Waals surface area contributed by atoms with Crippen molar-refractivity contribution in [1.29, 1.82) is 0 Å². The lowest BCUT2D eigenvalue weighted by molar-refractivity contribution is 0.425. The average molecular weight is 289 g/mol. The van der Waals surface area contributed by atoms with E-state index in [0.29, 0.717) is 11.4 Å². The van der Waals surface area contributed by atoms with E-state index in [0.717, 1.165) is 14.9 Å². The van der Waals surface area contributed by atoms with Crippen LogP contribution in [0.1, 0.15) is 25.3 Å². The molecule has 2 nitrogen and oxygen atoms in total. The molecule has 0 amide bonds. The van der Waals surface area contributed by atoms with E-state index in [1.54, 1.807) is 0 Å². The quantitative estimate of drug-likeness (QED) is 0.660. The minimum Gasteiger partial charge on any atom is -0.423 e. The summed E-state index contributed by atoms with van der Waals surface area (Å²) in [5, 5.41) is 18.6. The van der Waals surface area contributed by atoms with Crippen LogP contribution in [-0.4, -0.2) is 23.4 Å². The van der Waals surface area contributed by atoms with Gasteiger partial charge < -0.3 is 10.0 Å². The first-order chi connectivity index (χ1) is 6.97. The predicted octanol–water partition coefficient (Wildman–Crippen LogP) is 1.97. The van der Waals surface area contributed by atoms with E-state index in [-0.39, 0.29) is 0 Å². The molecule has 0 unspecified atom stereocenters. The summed E-state index contributed by atoms with van der Waals surface area (Å²) >= 11 is 4.96. The highest BCUT2D eigenvalue weighted by atomic mass is 79.9. The molecular weight excluding hydrogens is 275 g/mol. The van der Waals surface area contributed by atoms with Crippen LogP contribution in [0.4, 0.5) is 0 Å². The first-order valence-electron chi connectivity index (χ1n) is 4.70. The van der Waals surface area contributed by atoms with Crippen molar-refractivity contribution in [2.24, 2.45) is 0 Å². The minimum absolute atomic E-state index is 0.370. The van der Waals surface area contributed by atoms with Crippen LogP contribution < -0.4 is 5.46 Å². The zero-order valence-corrected chi connectivity index (χ0v) is 11.4. The lowest BCUT2D eigenvalue weighted by atomic mass is 9.78. The molecule has 0 spiro atoms. The van der Waals surface area contributed by atoms with E-state index in [4.69, 9.17) is 0 Å². The van der Waals surface area contributed by atoms with Crippen LogP contribution in [0.3, 0.4) is 0 Å². The van der Waals surface area contributed by atoms with Gasteiger partial charge >= 0.3 is 7.12 Å². The average Bonchev–Trinajstić information content (AvgIpc) is 2.16. The maximum atomic E-state index is 9.29. The van der Waals surface area contributed by atoms with Gasteiger partial charge in [0.05, 0.1) is 0 Å². The van der Waals surface area contributed by atoms with Gasteiger partial charge in [0.25, 0.3) is 0 Å². The number of thioether (sulfide) groups is 1. The lowest BCUT2D eigenvalue weighted by Gasteiger charge is -2.13. The molecule has 5 heteroatoms. The summed E-state index contributed by atoms with van der Waals surface area (Å²) in [6.45, 7) is 4.15. The SMILES string of the molecule is CSc1c(Br)cc(C(C)C)cc1B(O)O. The molecule has 0 radical (unpaired) electrons. The van der Waals surface area contributed by atoms with Crippen molar-refractivity contribution in [3.63, 3.8) is 0 Å². The number of hydrogen-bond acceptors (Lipinski definition) is 3. The summed E-state index contributed by atoms with van der Waals surface area (Å²) in [4.78, 5) is 0.884. The van der Waals surface area contributed by atoms with Gasteiger partial charge in [0.2, 0.25) is 0 Å². The van der Waals surface area contributed by atoms with E-state index in [1.807, 2.05) is 18.4 Å². The second-order valence-electron chi connectivity index (χ2n) is 3.65. The third kappa shape index (κ3) is 3.00. The van der Waals surface area contributed by atoms with Crippen molar-refractivity contribution in [2.75, 3.05) is 6.26 Å². The van der Waals surface area contributed by atoms with Crippen molar-refractivity contribution < 1.29 is 10.0 Å². The second-order valence-corrected chi connectivity index (χ2v) is 5.32. The predicted molar refractivity (Wildman–Crippen MR) is 69.8 cm³/mol. The van der Waals surface area contributed by atoms with E-state index in [2.05, 4.69) is 29.8 Å². The maximum Gasteiger partial charge on any atom is 0.489 e. The van der Waals surface area contributed by atoms with Gasteiger partial charge in [-0.3, -0.25) is 0 Å². The van der Waals surface area contributed by atoms with Gasteiger partial charge in [-0.2, -0.15) is 0 Å². The molecule has 82 valence electrons. The van der Waals surface area contributed by atoms with E-state index in [1.165, 1.54) is 11.8 Å². The van der Waals surface area contributed by atoms with E-state index in [9.17, 15) is 10.0 Å². The van der Waals surface area contributed by atoms with Gasteiger partial charge in [-0.1, -0.05) is 19.9 Å². The molecule has 0 aliphatic carbocycles. The number of halogens is 1. The summed E-state index contributed by atoms with van der Waals surface area (Å²) in [7, 11) is -1.41. The molecule has 0 bridgehead atoms. The van der Waals surface area contributed by atoms with Gasteiger partial charge in [0, 0.05) is 9.37 Å². The molecule has 0 saturated heterocycles. The van der Waals surface area contributed by atoms with Crippen molar-refractivity contribution in [2.45, 2.75) is 24.7 Å². The van der Waals surface area contributed by atoms with Gasteiger partial charge in [-0.05, 0) is 45.2 Å². The second kappa shape index (κ2) is 5.39. The first-order valence-corrected chi connectivity index (χ1v) is 6.72. The van der Waals surface area contributed by atoms with Gasteiger partial charge in [-0.25, -0.2) is 0 Å². The van der Waals surface area contributed by atoms with Crippen molar-refractivity contribution in [3.8, 4) is 0 Å². The third-order valence-corrected chi connectivity index (χ3v) is 4.00. The molecule has 1 aromatic carbocycles. The monoisotopic (exact) mass is 288 g/mol. The smallest absolute Gasteiger partial charge is 0.423 e. The highest BCUT2D eigenvalue weighted by Gasteiger charge is 2.19. The molecule has 0 aromatic heterocycles. The molecule has 0 atom stereocenters. The fourth-order valence-corrected chi connectivity index (χ4v) is 3.01. The highest BCUT2D eigenvalue weighted by molar-refractivity contribution is 9.10. The van der Waals surface area contributed by atoms with Crippen LogP contribution >= 0.6 is 27.7 Å². The summed E-state index contributed by atoms with van der Waals surface area (Å²) in [5.74, 6) is 0.370. The molecule has 0 aliphatic rings. The fourth-order valence-electron chi connectivity index (χ4n) is 1.38. The van der Waals surface area contributed by atoms with Crippen LogP contribution in [0, 0.1) is 0 Å². The Labute approximate surface area is 103 Å². The van der Waals surface area contributed by atoms with Crippen molar-refractivity contribution in [1.82, 2.24) is 0 Å². The van der Waals surface area contributed by atoms with E-state index >= 15 is 0 Å². The first kappa shape index (κ1) is 13.1. The minimum atomic E-state index is -1.41. The Bertz CT molecular complexity index is 356. The number of rotatable bonds is 3. The molecule has 1 rings (SSSR count). The Hall–Kier alpha value is 0.0349. The van der Waals surface area contributed by atoms with Gasteiger partial charge in [-0.15, -0.1) is 11.8 Å². The summed E-state index contributed by atoms with van der Waals surface area (Å²) in [6.07, 6.45) is 1.92. The zero-order chi connectivity index (χ0) is 11.6. The molecular formula is C10H14BBrO2S. The Balaban J connectivity index is 3.32. The van der Waals surface area contributed by atoms with Crippen LogP contribution in [0.5, 0.6) is 0 Å². The largest absolute Gasteiger partial charge is 0.489 e. The Morgan fingerprint density at radius 2 is 1.93 bits per heavy atom. The van der Waals surface area contributed by atoms with Gasteiger partial charge in [0.15, 0.2) is 0 Å². The van der Waals surface area contributed by atoms with Crippen LogP contribution in [0.25, 0.3) is 0 Å². The Kier molecular flexibility index (Phi) is 4.71. The normalized spacial score (nSPS) is 10.9.